The summed E-state index contributed by atoms with van der Waals surface area (Å²) in [4.78, 5) is 4.63. The third kappa shape index (κ3) is 6.08. The van der Waals surface area contributed by atoms with E-state index < -0.39 is 0 Å². The second-order valence-electron chi connectivity index (χ2n) is 13.8. The van der Waals surface area contributed by atoms with E-state index in [0.29, 0.717) is 0 Å². The number of fused-ring (bicyclic) bond motifs is 3. The van der Waals surface area contributed by atoms with Crippen LogP contribution in [0.1, 0.15) is 0 Å². The molecule has 3 nitrogen and oxygen atoms in total. The number of para-hydroxylation sites is 3. The highest BCUT2D eigenvalue weighted by Crippen LogP contribution is 2.51. The zero-order valence-electron chi connectivity index (χ0n) is 30.1. The molecule has 260 valence electrons. The highest BCUT2D eigenvalue weighted by molar-refractivity contribution is 5.99. The van der Waals surface area contributed by atoms with E-state index >= 15 is 0 Å². The van der Waals surface area contributed by atoms with Crippen molar-refractivity contribution in [3.63, 3.8) is 0 Å². The SMILES string of the molecule is c1ccc(-c2ccc(-c3ccc(N(c4ccc(-c5ccc6c(c5)Oc5ccccc5N6c5ccccc5)cc4)c4cccc5ccccc45)cc3)cc2)cc1. The quantitative estimate of drug-likeness (QED) is 0.164. The molecule has 1 heterocycles. The van der Waals surface area contributed by atoms with Crippen molar-refractivity contribution in [3.8, 4) is 44.9 Å². The summed E-state index contributed by atoms with van der Waals surface area (Å²) >= 11 is 0. The Hall–Kier alpha value is -7.36. The van der Waals surface area contributed by atoms with Crippen molar-refractivity contribution in [2.75, 3.05) is 9.80 Å². The van der Waals surface area contributed by atoms with E-state index in [0.717, 1.165) is 56.8 Å². The first-order valence-corrected chi connectivity index (χ1v) is 18.7. The van der Waals surface area contributed by atoms with Gasteiger partial charge in [-0.3, -0.25) is 0 Å². The summed E-state index contributed by atoms with van der Waals surface area (Å²) in [5.74, 6) is 1.67. The topological polar surface area (TPSA) is 15.7 Å². The summed E-state index contributed by atoms with van der Waals surface area (Å²) in [6, 6.07) is 77.5. The van der Waals surface area contributed by atoms with Crippen LogP contribution in [-0.2, 0) is 0 Å². The summed E-state index contributed by atoms with van der Waals surface area (Å²) in [6.07, 6.45) is 0. The molecular weight excluding hydrogens is 669 g/mol. The van der Waals surface area contributed by atoms with E-state index in [1.165, 1.54) is 33.0 Å². The van der Waals surface area contributed by atoms with Gasteiger partial charge >= 0.3 is 0 Å². The Morgan fingerprint density at radius 1 is 0.345 bits per heavy atom. The molecule has 0 aromatic heterocycles. The van der Waals surface area contributed by atoms with Gasteiger partial charge in [-0.1, -0.05) is 152 Å². The van der Waals surface area contributed by atoms with Crippen LogP contribution in [-0.4, -0.2) is 0 Å². The fraction of sp³-hybridized carbons (Fsp3) is 0. The Morgan fingerprint density at radius 3 is 1.53 bits per heavy atom. The van der Waals surface area contributed by atoms with E-state index in [1.54, 1.807) is 0 Å². The summed E-state index contributed by atoms with van der Waals surface area (Å²) in [7, 11) is 0. The van der Waals surface area contributed by atoms with Crippen LogP contribution in [0.5, 0.6) is 11.5 Å². The molecule has 0 amide bonds. The number of nitrogens with zero attached hydrogens (tertiary/aromatic N) is 2. The highest BCUT2D eigenvalue weighted by Gasteiger charge is 2.26. The van der Waals surface area contributed by atoms with Gasteiger partial charge in [-0.2, -0.15) is 0 Å². The van der Waals surface area contributed by atoms with Gasteiger partial charge in [0.1, 0.15) is 0 Å². The molecule has 0 radical (unpaired) electrons. The number of hydrogen-bond donors (Lipinski definition) is 0. The zero-order chi connectivity index (χ0) is 36.6. The molecule has 0 saturated carbocycles. The molecule has 0 unspecified atom stereocenters. The van der Waals surface area contributed by atoms with Gasteiger partial charge in [-0.25, -0.2) is 0 Å². The largest absolute Gasteiger partial charge is 0.453 e. The lowest BCUT2D eigenvalue weighted by molar-refractivity contribution is 0.477. The standard InChI is InChI=1S/C52H36N2O/c1-3-12-37(13-4-1)38-22-24-39(25-23-38)40-26-31-45(32-27-40)53(48-20-11-15-42-14-7-8-18-47(42)48)46-33-28-41(29-34-46)43-30-35-50-52(36-43)55-51-21-10-9-19-49(51)54(50)44-16-5-2-6-17-44/h1-36H. The molecule has 0 aliphatic carbocycles. The summed E-state index contributed by atoms with van der Waals surface area (Å²) in [5.41, 5.74) is 13.5. The molecule has 0 saturated heterocycles. The van der Waals surface area contributed by atoms with Gasteiger partial charge in [0, 0.05) is 22.4 Å². The Balaban J connectivity index is 0.999. The minimum absolute atomic E-state index is 0.830. The first-order chi connectivity index (χ1) is 27.3. The zero-order valence-corrected chi connectivity index (χ0v) is 30.1. The molecule has 1 aliphatic heterocycles. The number of hydrogen-bond acceptors (Lipinski definition) is 3. The van der Waals surface area contributed by atoms with Gasteiger partial charge in [-0.15, -0.1) is 0 Å². The van der Waals surface area contributed by atoms with Gasteiger partial charge in [-0.05, 0) is 105 Å². The van der Waals surface area contributed by atoms with Crippen LogP contribution < -0.4 is 14.5 Å². The van der Waals surface area contributed by atoms with Crippen molar-refractivity contribution in [3.05, 3.63) is 218 Å². The van der Waals surface area contributed by atoms with Crippen LogP contribution in [0, 0.1) is 0 Å². The smallest absolute Gasteiger partial charge is 0.152 e. The van der Waals surface area contributed by atoms with Crippen LogP contribution in [0.4, 0.5) is 34.1 Å². The molecule has 0 bridgehead atoms. The van der Waals surface area contributed by atoms with E-state index in [2.05, 4.69) is 210 Å². The molecule has 3 heteroatoms. The molecule has 1 aliphatic rings. The van der Waals surface area contributed by atoms with Crippen molar-refractivity contribution < 1.29 is 4.74 Å². The van der Waals surface area contributed by atoms with Crippen molar-refractivity contribution in [2.24, 2.45) is 0 Å². The lowest BCUT2D eigenvalue weighted by atomic mass is 9.99. The molecule has 10 rings (SSSR count). The molecule has 55 heavy (non-hydrogen) atoms. The third-order valence-electron chi connectivity index (χ3n) is 10.5. The number of benzene rings is 9. The fourth-order valence-corrected chi connectivity index (χ4v) is 7.71. The van der Waals surface area contributed by atoms with Crippen molar-refractivity contribution in [1.29, 1.82) is 0 Å². The summed E-state index contributed by atoms with van der Waals surface area (Å²) < 4.78 is 6.53. The van der Waals surface area contributed by atoms with E-state index in [9.17, 15) is 0 Å². The monoisotopic (exact) mass is 704 g/mol. The molecule has 0 atom stereocenters. The predicted octanol–water partition coefficient (Wildman–Crippen LogP) is 14.9. The molecule has 0 N–H and O–H groups in total. The third-order valence-corrected chi connectivity index (χ3v) is 10.5. The maximum atomic E-state index is 6.53. The first kappa shape index (κ1) is 32.3. The first-order valence-electron chi connectivity index (χ1n) is 18.7. The van der Waals surface area contributed by atoms with Crippen LogP contribution in [0.3, 0.4) is 0 Å². The van der Waals surface area contributed by atoms with Crippen molar-refractivity contribution in [1.82, 2.24) is 0 Å². The average Bonchev–Trinajstić information content (AvgIpc) is 3.27. The second kappa shape index (κ2) is 13.9. The average molecular weight is 705 g/mol. The summed E-state index contributed by atoms with van der Waals surface area (Å²) in [5, 5.41) is 2.40. The molecule has 0 spiro atoms. The second-order valence-corrected chi connectivity index (χ2v) is 13.8. The summed E-state index contributed by atoms with van der Waals surface area (Å²) in [6.45, 7) is 0. The van der Waals surface area contributed by atoms with Gasteiger partial charge in [0.25, 0.3) is 0 Å². The normalized spacial score (nSPS) is 11.7. The Morgan fingerprint density at radius 2 is 0.836 bits per heavy atom. The molecule has 9 aromatic carbocycles. The number of ether oxygens (including phenoxy) is 1. The highest BCUT2D eigenvalue weighted by atomic mass is 16.5. The van der Waals surface area contributed by atoms with Crippen LogP contribution in [0.25, 0.3) is 44.2 Å². The molecular formula is C52H36N2O. The Bertz CT molecular complexity index is 2750. The Kier molecular flexibility index (Phi) is 8.16. The predicted molar refractivity (Wildman–Crippen MR) is 230 cm³/mol. The molecule has 0 fully saturated rings. The number of rotatable bonds is 7. The van der Waals surface area contributed by atoms with Crippen LogP contribution >= 0.6 is 0 Å². The van der Waals surface area contributed by atoms with Crippen molar-refractivity contribution >= 4 is 44.9 Å². The number of anilines is 6. The lowest BCUT2D eigenvalue weighted by Crippen LogP contribution is -2.15. The van der Waals surface area contributed by atoms with Crippen LogP contribution in [0.2, 0.25) is 0 Å². The van der Waals surface area contributed by atoms with Crippen LogP contribution in [0.15, 0.2) is 218 Å². The molecule has 9 aromatic rings. The lowest BCUT2D eigenvalue weighted by Gasteiger charge is -2.33. The van der Waals surface area contributed by atoms with Gasteiger partial charge in [0.2, 0.25) is 0 Å². The van der Waals surface area contributed by atoms with E-state index in [4.69, 9.17) is 4.74 Å². The maximum absolute atomic E-state index is 6.53. The minimum atomic E-state index is 0.830. The van der Waals surface area contributed by atoms with Gasteiger partial charge in [0.15, 0.2) is 11.5 Å². The maximum Gasteiger partial charge on any atom is 0.152 e. The van der Waals surface area contributed by atoms with Gasteiger partial charge < -0.3 is 14.5 Å². The van der Waals surface area contributed by atoms with Gasteiger partial charge in [0.05, 0.1) is 17.1 Å². The Labute approximate surface area is 321 Å². The van der Waals surface area contributed by atoms with E-state index in [-0.39, 0.29) is 0 Å². The van der Waals surface area contributed by atoms with Crippen molar-refractivity contribution in [2.45, 2.75) is 0 Å². The minimum Gasteiger partial charge on any atom is -0.453 e. The van der Waals surface area contributed by atoms with E-state index in [1.807, 2.05) is 18.2 Å². The fourth-order valence-electron chi connectivity index (χ4n) is 7.71.